The summed E-state index contributed by atoms with van der Waals surface area (Å²) in [6.45, 7) is 2.20. The van der Waals surface area contributed by atoms with E-state index in [0.717, 1.165) is 30.2 Å². The zero-order valence-electron chi connectivity index (χ0n) is 10.7. The summed E-state index contributed by atoms with van der Waals surface area (Å²) in [5, 5.41) is 3.27. The van der Waals surface area contributed by atoms with E-state index in [-0.39, 0.29) is 11.8 Å². The van der Waals surface area contributed by atoms with Gasteiger partial charge in [0.25, 0.3) is 0 Å². The molecule has 1 saturated heterocycles. The number of fused-ring (bicyclic) bond motifs is 1. The van der Waals surface area contributed by atoms with Crippen LogP contribution in [0.25, 0.3) is 0 Å². The van der Waals surface area contributed by atoms with Crippen LogP contribution in [0.3, 0.4) is 0 Å². The molecule has 1 fully saturated rings. The van der Waals surface area contributed by atoms with Gasteiger partial charge in [0.1, 0.15) is 0 Å². The van der Waals surface area contributed by atoms with Crippen molar-refractivity contribution in [3.8, 4) is 11.5 Å². The molecule has 1 aromatic carbocycles. The molecule has 2 aliphatic rings. The molecule has 0 bridgehead atoms. The van der Waals surface area contributed by atoms with Crippen molar-refractivity contribution in [3.63, 3.8) is 0 Å². The van der Waals surface area contributed by atoms with Gasteiger partial charge in [-0.25, -0.2) is 0 Å². The van der Waals surface area contributed by atoms with Gasteiger partial charge in [-0.1, -0.05) is 0 Å². The normalized spacial score (nSPS) is 22.6. The predicted octanol–water partition coefficient (Wildman–Crippen LogP) is 1.74. The second-order valence-corrected chi connectivity index (χ2v) is 5.81. The quantitative estimate of drug-likeness (QED) is 0.836. The van der Waals surface area contributed by atoms with Crippen LogP contribution in [0.5, 0.6) is 11.5 Å². The average Bonchev–Trinajstić information content (AvgIpc) is 2.72. The number of carbonyl (C=O) groups is 1. The van der Waals surface area contributed by atoms with E-state index in [1.165, 1.54) is 0 Å². The fourth-order valence-electron chi connectivity index (χ4n) is 2.25. The molecule has 2 heterocycles. The summed E-state index contributed by atoms with van der Waals surface area (Å²) in [4.78, 5) is 12.4. The Morgan fingerprint density at radius 2 is 2.11 bits per heavy atom. The Morgan fingerprint density at radius 1 is 1.26 bits per heavy atom. The molecule has 1 unspecified atom stereocenters. The van der Waals surface area contributed by atoms with Crippen molar-refractivity contribution >= 4 is 17.5 Å². The standard InChI is InChI=1S/C14H17NO3S/c16-14(11-9-19-7-4-15-11)10-2-3-12-13(8-10)18-6-1-5-17-12/h2-3,8,11,15H,1,4-7,9H2. The number of hydrogen-bond donors (Lipinski definition) is 1. The molecule has 19 heavy (non-hydrogen) atoms. The van der Waals surface area contributed by atoms with Crippen molar-refractivity contribution in [3.05, 3.63) is 23.8 Å². The van der Waals surface area contributed by atoms with Crippen LogP contribution in [0.4, 0.5) is 0 Å². The Labute approximate surface area is 116 Å². The fourth-order valence-corrected chi connectivity index (χ4v) is 3.19. The molecule has 0 aliphatic carbocycles. The van der Waals surface area contributed by atoms with E-state index < -0.39 is 0 Å². The second kappa shape index (κ2) is 5.84. The first-order valence-corrected chi connectivity index (χ1v) is 7.75. The Morgan fingerprint density at radius 3 is 2.89 bits per heavy atom. The van der Waals surface area contributed by atoms with E-state index >= 15 is 0 Å². The van der Waals surface area contributed by atoms with E-state index in [1.807, 2.05) is 30.0 Å². The van der Waals surface area contributed by atoms with E-state index in [0.29, 0.717) is 24.5 Å². The van der Waals surface area contributed by atoms with Gasteiger partial charge in [0, 0.05) is 30.0 Å². The number of benzene rings is 1. The number of rotatable bonds is 2. The lowest BCUT2D eigenvalue weighted by Crippen LogP contribution is -2.43. The lowest BCUT2D eigenvalue weighted by Gasteiger charge is -2.22. The highest BCUT2D eigenvalue weighted by atomic mass is 32.2. The van der Waals surface area contributed by atoms with Crippen molar-refractivity contribution in [1.29, 1.82) is 0 Å². The van der Waals surface area contributed by atoms with Crippen LogP contribution in [-0.4, -0.2) is 43.1 Å². The molecule has 0 amide bonds. The number of Topliss-reactive ketones (excluding diaryl/α,β-unsaturated/α-hetero) is 1. The number of thioether (sulfide) groups is 1. The topological polar surface area (TPSA) is 47.6 Å². The van der Waals surface area contributed by atoms with Crippen molar-refractivity contribution in [2.24, 2.45) is 0 Å². The highest BCUT2D eigenvalue weighted by Gasteiger charge is 2.23. The van der Waals surface area contributed by atoms with E-state index in [4.69, 9.17) is 9.47 Å². The first kappa shape index (κ1) is 12.8. The van der Waals surface area contributed by atoms with Crippen LogP contribution >= 0.6 is 11.8 Å². The molecule has 2 aliphatic heterocycles. The lowest BCUT2D eigenvalue weighted by molar-refractivity contribution is 0.0952. The van der Waals surface area contributed by atoms with Gasteiger partial charge in [-0.3, -0.25) is 4.79 Å². The third-order valence-corrected chi connectivity index (χ3v) is 4.33. The summed E-state index contributed by atoms with van der Waals surface area (Å²) < 4.78 is 11.2. The van der Waals surface area contributed by atoms with Crippen LogP contribution in [-0.2, 0) is 0 Å². The molecule has 102 valence electrons. The molecule has 4 nitrogen and oxygen atoms in total. The van der Waals surface area contributed by atoms with E-state index in [9.17, 15) is 4.79 Å². The fraction of sp³-hybridized carbons (Fsp3) is 0.500. The molecule has 0 aromatic heterocycles. The van der Waals surface area contributed by atoms with Crippen molar-refractivity contribution in [2.75, 3.05) is 31.3 Å². The molecule has 1 N–H and O–H groups in total. The monoisotopic (exact) mass is 279 g/mol. The smallest absolute Gasteiger partial charge is 0.180 e. The molecule has 0 saturated carbocycles. The summed E-state index contributed by atoms with van der Waals surface area (Å²) in [5.74, 6) is 3.48. The number of carbonyl (C=O) groups excluding carboxylic acids is 1. The summed E-state index contributed by atoms with van der Waals surface area (Å²) in [7, 11) is 0. The zero-order chi connectivity index (χ0) is 13.1. The van der Waals surface area contributed by atoms with Gasteiger partial charge in [-0.15, -0.1) is 0 Å². The van der Waals surface area contributed by atoms with Crippen LogP contribution in [0, 0.1) is 0 Å². The Kier molecular flexibility index (Phi) is 3.94. The Hall–Kier alpha value is -1.20. The minimum Gasteiger partial charge on any atom is -0.490 e. The summed E-state index contributed by atoms with van der Waals surface area (Å²) >= 11 is 1.82. The zero-order valence-corrected chi connectivity index (χ0v) is 11.5. The summed E-state index contributed by atoms with van der Waals surface area (Å²) in [5.41, 5.74) is 0.698. The van der Waals surface area contributed by atoms with Crippen molar-refractivity contribution < 1.29 is 14.3 Å². The van der Waals surface area contributed by atoms with E-state index in [1.54, 1.807) is 0 Å². The van der Waals surface area contributed by atoms with Crippen LogP contribution in [0.2, 0.25) is 0 Å². The number of hydrogen-bond acceptors (Lipinski definition) is 5. The number of nitrogens with one attached hydrogen (secondary N) is 1. The maximum atomic E-state index is 12.4. The minimum atomic E-state index is -0.0801. The maximum Gasteiger partial charge on any atom is 0.180 e. The third-order valence-electron chi connectivity index (χ3n) is 3.27. The highest BCUT2D eigenvalue weighted by molar-refractivity contribution is 7.99. The summed E-state index contributed by atoms with van der Waals surface area (Å²) in [6, 6.07) is 5.40. The minimum absolute atomic E-state index is 0.0801. The van der Waals surface area contributed by atoms with Crippen LogP contribution in [0.15, 0.2) is 18.2 Å². The Balaban J connectivity index is 1.80. The summed E-state index contributed by atoms with van der Waals surface area (Å²) in [6.07, 6.45) is 0.874. The largest absolute Gasteiger partial charge is 0.490 e. The molecular weight excluding hydrogens is 262 g/mol. The van der Waals surface area contributed by atoms with Gasteiger partial charge in [-0.05, 0) is 18.2 Å². The van der Waals surface area contributed by atoms with Gasteiger partial charge in [0.05, 0.1) is 19.3 Å². The SMILES string of the molecule is O=C(c1ccc2c(c1)OCCCO2)C1CSCCN1. The number of ketones is 1. The lowest BCUT2D eigenvalue weighted by atomic mass is 10.0. The van der Waals surface area contributed by atoms with Gasteiger partial charge in [0.15, 0.2) is 17.3 Å². The Bertz CT molecular complexity index is 472. The second-order valence-electron chi connectivity index (χ2n) is 4.66. The molecule has 5 heteroatoms. The first-order chi connectivity index (χ1) is 9.34. The molecule has 0 spiro atoms. The predicted molar refractivity (Wildman–Crippen MR) is 75.5 cm³/mol. The van der Waals surface area contributed by atoms with Crippen LogP contribution in [0.1, 0.15) is 16.8 Å². The first-order valence-electron chi connectivity index (χ1n) is 6.59. The molecule has 3 rings (SSSR count). The molecule has 1 atom stereocenters. The van der Waals surface area contributed by atoms with Crippen LogP contribution < -0.4 is 14.8 Å². The van der Waals surface area contributed by atoms with E-state index in [2.05, 4.69) is 5.32 Å². The molecule has 1 aromatic rings. The average molecular weight is 279 g/mol. The number of ether oxygens (including phenoxy) is 2. The van der Waals surface area contributed by atoms with Crippen molar-refractivity contribution in [1.82, 2.24) is 5.32 Å². The molecular formula is C14H17NO3S. The molecule has 0 radical (unpaired) electrons. The van der Waals surface area contributed by atoms with Crippen molar-refractivity contribution in [2.45, 2.75) is 12.5 Å². The highest BCUT2D eigenvalue weighted by Crippen LogP contribution is 2.31. The van der Waals surface area contributed by atoms with Gasteiger partial charge in [0.2, 0.25) is 0 Å². The van der Waals surface area contributed by atoms with Gasteiger partial charge < -0.3 is 14.8 Å². The van der Waals surface area contributed by atoms with Gasteiger partial charge >= 0.3 is 0 Å². The third kappa shape index (κ3) is 2.87. The van der Waals surface area contributed by atoms with Gasteiger partial charge in [-0.2, -0.15) is 11.8 Å². The maximum absolute atomic E-state index is 12.4.